The zero-order valence-corrected chi connectivity index (χ0v) is 18.5. The molecule has 0 unspecified atom stereocenters. The number of Topliss-reactive ketones (excluding diaryl/α,β-unsaturated/α-hetero) is 1. The molecule has 1 aliphatic heterocycles. The van der Waals surface area contributed by atoms with Crippen LogP contribution in [-0.4, -0.2) is 48.6 Å². The molecule has 0 aliphatic carbocycles. The summed E-state index contributed by atoms with van der Waals surface area (Å²) in [4.78, 5) is 34.0. The predicted molar refractivity (Wildman–Crippen MR) is 111 cm³/mol. The van der Waals surface area contributed by atoms with Crippen LogP contribution in [0.15, 0.2) is 29.8 Å². The standard InChI is InChI=1S/C20H19F3N6O3S/c1-9-7-10(2)25-17(24-9)29-8-12(11(3)28-29)15-14(16(30)13-5-4-6-33-13)19(32,20(21,22)23)27-18(31)26-15/h4-8,14-15,32H,1-3H3,(H2,26,27,31)/t14-,15-,19+/m0/s1. The fourth-order valence-electron chi connectivity index (χ4n) is 3.86. The van der Waals surface area contributed by atoms with Crippen LogP contribution < -0.4 is 10.6 Å². The minimum Gasteiger partial charge on any atom is -0.363 e. The van der Waals surface area contributed by atoms with E-state index in [1.165, 1.54) is 40.6 Å². The summed E-state index contributed by atoms with van der Waals surface area (Å²) < 4.78 is 43.3. The summed E-state index contributed by atoms with van der Waals surface area (Å²) in [7, 11) is 0. The van der Waals surface area contributed by atoms with Crippen LogP contribution in [-0.2, 0) is 0 Å². The maximum Gasteiger partial charge on any atom is 0.437 e. The fourth-order valence-corrected chi connectivity index (χ4v) is 4.57. The van der Waals surface area contributed by atoms with Gasteiger partial charge < -0.3 is 15.7 Å². The smallest absolute Gasteiger partial charge is 0.363 e. The second-order valence-electron chi connectivity index (χ2n) is 7.72. The van der Waals surface area contributed by atoms with Crippen molar-refractivity contribution in [3.63, 3.8) is 0 Å². The first-order valence-electron chi connectivity index (χ1n) is 9.75. The number of hydrogen-bond donors (Lipinski definition) is 3. The Balaban J connectivity index is 1.86. The first-order chi connectivity index (χ1) is 15.4. The highest BCUT2D eigenvalue weighted by Crippen LogP contribution is 2.44. The average molecular weight is 480 g/mol. The predicted octanol–water partition coefficient (Wildman–Crippen LogP) is 2.75. The Labute approximate surface area is 189 Å². The highest BCUT2D eigenvalue weighted by Gasteiger charge is 2.66. The number of carbonyl (C=O) groups is 2. The molecule has 0 saturated carbocycles. The van der Waals surface area contributed by atoms with E-state index in [1.807, 2.05) is 0 Å². The van der Waals surface area contributed by atoms with Crippen LogP contribution >= 0.6 is 11.3 Å². The van der Waals surface area contributed by atoms with E-state index in [1.54, 1.807) is 19.9 Å². The van der Waals surface area contributed by atoms with E-state index in [-0.39, 0.29) is 22.1 Å². The van der Waals surface area contributed by atoms with Gasteiger partial charge in [0.2, 0.25) is 5.72 Å². The minimum absolute atomic E-state index is 0.00770. The maximum atomic E-state index is 14.0. The van der Waals surface area contributed by atoms with E-state index < -0.39 is 35.7 Å². The molecule has 2 amide bonds. The maximum absolute atomic E-state index is 14.0. The number of urea groups is 1. The number of aliphatic hydroxyl groups is 1. The van der Waals surface area contributed by atoms with Gasteiger partial charge in [-0.3, -0.25) is 4.79 Å². The lowest BCUT2D eigenvalue weighted by molar-refractivity contribution is -0.287. The lowest BCUT2D eigenvalue weighted by Gasteiger charge is -2.44. The lowest BCUT2D eigenvalue weighted by Crippen LogP contribution is -2.72. The van der Waals surface area contributed by atoms with Crippen molar-refractivity contribution in [3.05, 3.63) is 57.3 Å². The number of rotatable bonds is 4. The SMILES string of the molecule is Cc1cc(C)nc(-n2cc([C@@H]3NC(=O)N[C@](O)(C(F)(F)F)[C@@H]3C(=O)c3cccs3)c(C)n2)n1. The molecule has 0 aromatic carbocycles. The molecule has 9 nitrogen and oxygen atoms in total. The van der Waals surface area contributed by atoms with E-state index in [2.05, 4.69) is 20.4 Å². The van der Waals surface area contributed by atoms with Gasteiger partial charge in [-0.25, -0.2) is 19.4 Å². The Morgan fingerprint density at radius 2 is 1.91 bits per heavy atom. The zero-order valence-electron chi connectivity index (χ0n) is 17.6. The number of ketones is 1. The third-order valence-corrected chi connectivity index (χ3v) is 6.18. The molecule has 0 radical (unpaired) electrons. The number of nitrogens with zero attached hydrogens (tertiary/aromatic N) is 4. The van der Waals surface area contributed by atoms with E-state index in [0.29, 0.717) is 11.4 Å². The number of alkyl halides is 3. The number of hydrogen-bond acceptors (Lipinski definition) is 7. The number of carbonyl (C=O) groups excluding carboxylic acids is 2. The van der Waals surface area contributed by atoms with Crippen molar-refractivity contribution in [1.29, 1.82) is 0 Å². The molecule has 33 heavy (non-hydrogen) atoms. The van der Waals surface area contributed by atoms with Gasteiger partial charge in [-0.2, -0.15) is 18.3 Å². The van der Waals surface area contributed by atoms with Gasteiger partial charge >= 0.3 is 12.2 Å². The number of amides is 2. The van der Waals surface area contributed by atoms with E-state index >= 15 is 0 Å². The number of aromatic nitrogens is 4. The second kappa shape index (κ2) is 7.92. The van der Waals surface area contributed by atoms with Crippen LogP contribution in [0.4, 0.5) is 18.0 Å². The largest absolute Gasteiger partial charge is 0.437 e. The Hall–Kier alpha value is -3.32. The van der Waals surface area contributed by atoms with Crippen LogP contribution in [0.1, 0.15) is 38.4 Å². The molecule has 13 heteroatoms. The van der Waals surface area contributed by atoms with E-state index in [4.69, 9.17) is 0 Å². The van der Waals surface area contributed by atoms with Gasteiger partial charge in [-0.15, -0.1) is 11.3 Å². The van der Waals surface area contributed by atoms with Crippen molar-refractivity contribution < 1.29 is 27.9 Å². The molecule has 1 fully saturated rings. The molecule has 0 spiro atoms. The Morgan fingerprint density at radius 1 is 1.24 bits per heavy atom. The summed E-state index contributed by atoms with van der Waals surface area (Å²) in [6, 6.07) is 1.81. The summed E-state index contributed by atoms with van der Waals surface area (Å²) in [5.74, 6) is -2.92. The van der Waals surface area contributed by atoms with Crippen molar-refractivity contribution >= 4 is 23.2 Å². The second-order valence-corrected chi connectivity index (χ2v) is 8.67. The van der Waals surface area contributed by atoms with Crippen LogP contribution in [0.25, 0.3) is 5.95 Å². The molecule has 4 heterocycles. The minimum atomic E-state index is -5.33. The Kier molecular flexibility index (Phi) is 5.48. The highest BCUT2D eigenvalue weighted by atomic mass is 32.1. The number of thiophene rings is 1. The van der Waals surface area contributed by atoms with Gasteiger partial charge in [0, 0.05) is 23.1 Å². The highest BCUT2D eigenvalue weighted by molar-refractivity contribution is 7.12. The van der Waals surface area contributed by atoms with Gasteiger partial charge in [-0.1, -0.05) is 6.07 Å². The van der Waals surface area contributed by atoms with Gasteiger partial charge in [0.1, 0.15) is 5.92 Å². The Morgan fingerprint density at radius 3 is 2.48 bits per heavy atom. The Bertz CT molecular complexity index is 1210. The van der Waals surface area contributed by atoms with Crippen LogP contribution in [0.2, 0.25) is 0 Å². The topological polar surface area (TPSA) is 122 Å². The molecule has 3 N–H and O–H groups in total. The molecule has 1 saturated heterocycles. The molecular weight excluding hydrogens is 461 g/mol. The first-order valence-corrected chi connectivity index (χ1v) is 10.6. The normalized spacial score (nSPS) is 23.2. The fraction of sp³-hybridized carbons (Fsp3) is 0.350. The number of aryl methyl sites for hydroxylation is 3. The monoisotopic (exact) mass is 480 g/mol. The van der Waals surface area contributed by atoms with Crippen LogP contribution in [0.5, 0.6) is 0 Å². The van der Waals surface area contributed by atoms with Crippen molar-refractivity contribution in [1.82, 2.24) is 30.4 Å². The van der Waals surface area contributed by atoms with Gasteiger partial charge in [0.05, 0.1) is 16.6 Å². The summed E-state index contributed by atoms with van der Waals surface area (Å²) in [5, 5.41) is 20.3. The van der Waals surface area contributed by atoms with Gasteiger partial charge in [0.15, 0.2) is 5.78 Å². The van der Waals surface area contributed by atoms with Gasteiger partial charge in [0.25, 0.3) is 5.95 Å². The quantitative estimate of drug-likeness (QED) is 0.494. The first kappa shape index (κ1) is 22.9. The third-order valence-electron chi connectivity index (χ3n) is 5.30. The average Bonchev–Trinajstić information content (AvgIpc) is 3.35. The van der Waals surface area contributed by atoms with Crippen molar-refractivity contribution in [2.45, 2.75) is 38.7 Å². The van der Waals surface area contributed by atoms with E-state index in [9.17, 15) is 27.9 Å². The molecule has 3 atom stereocenters. The molecule has 0 bridgehead atoms. The molecular formula is C20H19F3N6O3S. The molecule has 3 aromatic rings. The molecule has 4 rings (SSSR count). The summed E-state index contributed by atoms with van der Waals surface area (Å²) in [5.41, 5.74) is -2.14. The third kappa shape index (κ3) is 3.97. The molecule has 3 aromatic heterocycles. The number of nitrogens with one attached hydrogen (secondary N) is 2. The lowest BCUT2D eigenvalue weighted by atomic mass is 9.79. The van der Waals surface area contributed by atoms with Crippen LogP contribution in [0, 0.1) is 26.7 Å². The van der Waals surface area contributed by atoms with Crippen LogP contribution in [0.3, 0.4) is 0 Å². The van der Waals surface area contributed by atoms with Crippen molar-refractivity contribution in [3.8, 4) is 5.95 Å². The van der Waals surface area contributed by atoms with E-state index in [0.717, 1.165) is 11.3 Å². The van der Waals surface area contributed by atoms with Crippen molar-refractivity contribution in [2.24, 2.45) is 5.92 Å². The van der Waals surface area contributed by atoms with Crippen molar-refractivity contribution in [2.75, 3.05) is 0 Å². The zero-order chi connectivity index (χ0) is 24.1. The molecule has 174 valence electrons. The summed E-state index contributed by atoms with van der Waals surface area (Å²) >= 11 is 0.934. The molecule has 1 aliphatic rings. The summed E-state index contributed by atoms with van der Waals surface area (Å²) in [6.07, 6.45) is -3.98. The number of halogens is 3. The van der Waals surface area contributed by atoms with Gasteiger partial charge in [-0.05, 0) is 38.3 Å². The summed E-state index contributed by atoms with van der Waals surface area (Å²) in [6.45, 7) is 5.02.